The molecule has 63 heavy (non-hydrogen) atoms. The zero-order valence-corrected chi connectivity index (χ0v) is 33.5. The van der Waals surface area contributed by atoms with Crippen molar-refractivity contribution >= 4 is 38.9 Å². The summed E-state index contributed by atoms with van der Waals surface area (Å²) in [5.74, 6) is 0. The predicted molar refractivity (Wildman–Crippen MR) is 267 cm³/mol. The summed E-state index contributed by atoms with van der Waals surface area (Å²) in [7, 11) is 0. The highest BCUT2D eigenvalue weighted by molar-refractivity contribution is 6.09. The fourth-order valence-corrected chi connectivity index (χ4v) is 8.01. The predicted octanol–water partition coefficient (Wildman–Crippen LogP) is 16.6. The van der Waals surface area contributed by atoms with Gasteiger partial charge in [0.1, 0.15) is 0 Å². The Morgan fingerprint density at radius 2 is 0.841 bits per heavy atom. The SMILES string of the molecule is [2H]c1c([2H])c([2H])c(-c2c([2H])c([2H])c([2H])c([2H])c2-c2c([2H])c([2H])c(N(c3ccc(-c4ccccc4)cc3)c3c([2H])c([2H])c(-c4ccc5c(c4)c4ccccc4n5Cc4cccc(-c5ccccc5)c4)c([2H])c3[2H])c([2H])c2[2H])c([2H])c1[2H]. The molecule has 2 nitrogen and oxygen atoms in total. The van der Waals surface area contributed by atoms with Gasteiger partial charge < -0.3 is 9.47 Å². The van der Waals surface area contributed by atoms with Crippen molar-refractivity contribution in [1.29, 1.82) is 0 Å². The summed E-state index contributed by atoms with van der Waals surface area (Å²) >= 11 is 0. The Hall–Kier alpha value is -8.20. The molecule has 2 heteroatoms. The standard InChI is InChI=1S/C61H44N2/c1-4-16-45(17-5-1)47-27-34-53(35-28-47)63(55-38-31-50(32-39-55)57-24-11-10-23-56(57)49-20-8-3-9-21-49)54-36-29-48(30-37-54)52-33-40-61-59(42-52)58-25-12-13-26-60(58)62(61)43-44-15-14-22-51(41-44)46-18-6-2-7-19-46/h1-42H,43H2/i3D,8D,9D,10D,11D,20D,21D,23D,24D,29D,30D,31D,32D,36D,37D,38D,39D. The van der Waals surface area contributed by atoms with Gasteiger partial charge in [0.15, 0.2) is 0 Å². The zero-order chi connectivity index (χ0) is 56.7. The lowest BCUT2D eigenvalue weighted by molar-refractivity contribution is 0.869. The van der Waals surface area contributed by atoms with Crippen LogP contribution in [0.1, 0.15) is 28.9 Å². The number of anilines is 3. The summed E-state index contributed by atoms with van der Waals surface area (Å²) in [4.78, 5) is 1.12. The maximum atomic E-state index is 9.75. The number of para-hydroxylation sites is 1. The van der Waals surface area contributed by atoms with Crippen LogP contribution in [0.2, 0.25) is 0 Å². The Morgan fingerprint density at radius 1 is 0.333 bits per heavy atom. The van der Waals surface area contributed by atoms with Gasteiger partial charge in [-0.3, -0.25) is 0 Å². The van der Waals surface area contributed by atoms with E-state index in [1.807, 2.05) is 91.0 Å². The van der Waals surface area contributed by atoms with Crippen LogP contribution in [0, 0.1) is 0 Å². The van der Waals surface area contributed by atoms with Crippen LogP contribution in [0.5, 0.6) is 0 Å². The highest BCUT2D eigenvalue weighted by Gasteiger charge is 2.17. The highest BCUT2D eigenvalue weighted by Crippen LogP contribution is 2.40. The lowest BCUT2D eigenvalue weighted by Crippen LogP contribution is -2.09. The first-order valence-corrected chi connectivity index (χ1v) is 20.3. The molecular formula is C61H44N2. The molecule has 0 atom stereocenters. The summed E-state index contributed by atoms with van der Waals surface area (Å²) in [6, 6.07) is 34.7. The molecule has 0 aliphatic rings. The van der Waals surface area contributed by atoms with Gasteiger partial charge >= 0.3 is 0 Å². The van der Waals surface area contributed by atoms with Gasteiger partial charge in [0.2, 0.25) is 0 Å². The lowest BCUT2D eigenvalue weighted by atomic mass is 9.94. The van der Waals surface area contributed by atoms with Gasteiger partial charge in [0.25, 0.3) is 0 Å². The number of fused-ring (bicyclic) bond motifs is 3. The van der Waals surface area contributed by atoms with Gasteiger partial charge in [0, 0.05) is 45.4 Å². The van der Waals surface area contributed by atoms with Crippen molar-refractivity contribution in [2.45, 2.75) is 6.54 Å². The van der Waals surface area contributed by atoms with E-state index in [1.165, 1.54) is 0 Å². The quantitative estimate of drug-likeness (QED) is 0.133. The molecule has 10 aromatic carbocycles. The van der Waals surface area contributed by atoms with Crippen LogP contribution in [-0.4, -0.2) is 4.57 Å². The lowest BCUT2D eigenvalue weighted by Gasteiger charge is -2.26. The molecular weight excluding hydrogens is 761 g/mol. The van der Waals surface area contributed by atoms with E-state index >= 15 is 0 Å². The second-order valence-electron chi connectivity index (χ2n) is 14.8. The fourth-order valence-electron chi connectivity index (χ4n) is 8.01. The first kappa shape index (κ1) is 23.7. The molecule has 0 bridgehead atoms. The average Bonchev–Trinajstić information content (AvgIpc) is 3.85. The van der Waals surface area contributed by atoms with Gasteiger partial charge in [0.05, 0.1) is 23.3 Å². The summed E-state index contributed by atoms with van der Waals surface area (Å²) in [5, 5.41) is 1.71. The number of aromatic nitrogens is 1. The third-order valence-corrected chi connectivity index (χ3v) is 11.0. The molecule has 0 aliphatic heterocycles. The van der Waals surface area contributed by atoms with E-state index in [0.717, 1.165) is 54.5 Å². The van der Waals surface area contributed by atoms with Crippen LogP contribution >= 0.6 is 0 Å². The van der Waals surface area contributed by atoms with Crippen molar-refractivity contribution in [1.82, 2.24) is 4.57 Å². The number of hydrogen-bond donors (Lipinski definition) is 0. The van der Waals surface area contributed by atoms with Gasteiger partial charge in [-0.2, -0.15) is 0 Å². The first-order valence-electron chi connectivity index (χ1n) is 28.8. The number of hydrogen-bond acceptors (Lipinski definition) is 1. The van der Waals surface area contributed by atoms with Crippen LogP contribution in [0.25, 0.3) is 77.4 Å². The Balaban J connectivity index is 1.10. The topological polar surface area (TPSA) is 8.17 Å². The molecule has 1 aromatic heterocycles. The minimum atomic E-state index is -0.881. The van der Waals surface area contributed by atoms with Crippen molar-refractivity contribution in [2.24, 2.45) is 0 Å². The molecule has 1 heterocycles. The molecule has 0 aliphatic carbocycles. The molecule has 11 aromatic rings. The fraction of sp³-hybridized carbons (Fsp3) is 0.0164. The van der Waals surface area contributed by atoms with Gasteiger partial charge in [-0.25, -0.2) is 0 Å². The molecule has 0 unspecified atom stereocenters. The van der Waals surface area contributed by atoms with Crippen LogP contribution in [0.3, 0.4) is 0 Å². The van der Waals surface area contributed by atoms with E-state index < -0.39 is 136 Å². The van der Waals surface area contributed by atoms with E-state index in [-0.39, 0.29) is 11.3 Å². The van der Waals surface area contributed by atoms with Crippen LogP contribution in [0.4, 0.5) is 17.1 Å². The van der Waals surface area contributed by atoms with Crippen molar-refractivity contribution in [3.63, 3.8) is 0 Å². The molecule has 11 rings (SSSR count). The Kier molecular flexibility index (Phi) is 6.28. The van der Waals surface area contributed by atoms with Crippen LogP contribution in [0.15, 0.2) is 254 Å². The number of rotatable bonds is 10. The van der Waals surface area contributed by atoms with Crippen molar-refractivity contribution in [3.8, 4) is 55.6 Å². The summed E-state index contributed by atoms with van der Waals surface area (Å²) < 4.78 is 157. The molecule has 0 saturated heterocycles. The van der Waals surface area contributed by atoms with E-state index in [1.54, 1.807) is 30.3 Å². The minimum Gasteiger partial charge on any atom is -0.336 e. The highest BCUT2D eigenvalue weighted by atomic mass is 15.1. The monoisotopic (exact) mass is 821 g/mol. The van der Waals surface area contributed by atoms with E-state index in [2.05, 4.69) is 34.9 Å². The molecule has 0 spiro atoms. The Labute approximate surface area is 393 Å². The van der Waals surface area contributed by atoms with Crippen molar-refractivity contribution in [2.75, 3.05) is 4.90 Å². The molecule has 0 N–H and O–H groups in total. The summed E-state index contributed by atoms with van der Waals surface area (Å²) in [5.41, 5.74) is 3.42. The van der Waals surface area contributed by atoms with E-state index in [0.29, 0.717) is 12.1 Å². The molecule has 0 amide bonds. The maximum Gasteiger partial charge on any atom is 0.0645 e. The minimum absolute atomic E-state index is 0.0364. The summed E-state index contributed by atoms with van der Waals surface area (Å²) in [6.07, 6.45) is 0. The largest absolute Gasteiger partial charge is 0.336 e. The summed E-state index contributed by atoms with van der Waals surface area (Å²) in [6.45, 7) is 0.525. The third kappa shape index (κ3) is 7.49. The zero-order valence-electron chi connectivity index (χ0n) is 50.5. The first-order chi connectivity index (χ1) is 38.3. The Morgan fingerprint density at radius 3 is 1.52 bits per heavy atom. The maximum absolute atomic E-state index is 9.75. The van der Waals surface area contributed by atoms with Crippen molar-refractivity contribution < 1.29 is 23.3 Å². The van der Waals surface area contributed by atoms with Gasteiger partial charge in [-0.05, 0) is 122 Å². The van der Waals surface area contributed by atoms with E-state index in [4.69, 9.17) is 12.3 Å². The molecule has 298 valence electrons. The normalized spacial score (nSPS) is 15.0. The second-order valence-corrected chi connectivity index (χ2v) is 14.8. The van der Waals surface area contributed by atoms with Gasteiger partial charge in [-0.15, -0.1) is 0 Å². The molecule has 0 fully saturated rings. The second kappa shape index (κ2) is 16.7. The molecule has 0 saturated carbocycles. The van der Waals surface area contributed by atoms with Crippen molar-refractivity contribution in [3.05, 3.63) is 260 Å². The van der Waals surface area contributed by atoms with E-state index in [9.17, 15) is 11.0 Å². The average molecular weight is 822 g/mol. The van der Waals surface area contributed by atoms with Crippen LogP contribution < -0.4 is 4.90 Å². The molecule has 0 radical (unpaired) electrons. The number of nitrogens with zero attached hydrogens (tertiary/aromatic N) is 2. The third-order valence-electron chi connectivity index (χ3n) is 11.0. The Bertz CT molecular complexity index is 4270. The smallest absolute Gasteiger partial charge is 0.0645 e. The van der Waals surface area contributed by atoms with Crippen LogP contribution in [-0.2, 0) is 6.54 Å². The number of benzene rings is 10. The van der Waals surface area contributed by atoms with Gasteiger partial charge in [-0.1, -0.05) is 194 Å².